The molecule has 0 aliphatic carbocycles. The summed E-state index contributed by atoms with van der Waals surface area (Å²) in [6.07, 6.45) is 3.72. The fraction of sp³-hybridized carbons (Fsp3) is 0.522. The molecule has 0 saturated carbocycles. The Labute approximate surface area is 202 Å². The smallest absolute Gasteiger partial charge is 0.222 e. The zero-order valence-electron chi connectivity index (χ0n) is 19.3. The SMILES string of the molecule is CN=C(NCc1ccccc1CN1CCCC1=O)N(C)Cc1cn(C)nc1C(C)C.I. The first-order chi connectivity index (χ1) is 14.4. The molecule has 0 spiro atoms. The van der Waals surface area contributed by atoms with E-state index in [9.17, 15) is 4.79 Å². The number of hydrogen-bond donors (Lipinski definition) is 1. The van der Waals surface area contributed by atoms with E-state index in [1.54, 1.807) is 7.05 Å². The molecule has 31 heavy (non-hydrogen) atoms. The molecule has 0 bridgehead atoms. The number of hydrogen-bond acceptors (Lipinski definition) is 3. The molecule has 1 saturated heterocycles. The van der Waals surface area contributed by atoms with Crippen LogP contribution in [-0.4, -0.2) is 52.1 Å². The van der Waals surface area contributed by atoms with Gasteiger partial charge in [-0.25, -0.2) is 0 Å². The van der Waals surface area contributed by atoms with Crippen molar-refractivity contribution in [3.05, 3.63) is 52.8 Å². The summed E-state index contributed by atoms with van der Waals surface area (Å²) in [7, 11) is 5.81. The molecule has 1 aliphatic heterocycles. The molecule has 0 atom stereocenters. The Morgan fingerprint density at radius 1 is 1.26 bits per heavy atom. The maximum atomic E-state index is 12.0. The normalized spacial score (nSPS) is 14.2. The van der Waals surface area contributed by atoms with Gasteiger partial charge in [-0.2, -0.15) is 5.10 Å². The first kappa shape index (κ1) is 25.2. The molecule has 1 aromatic heterocycles. The second-order valence-electron chi connectivity index (χ2n) is 8.31. The van der Waals surface area contributed by atoms with E-state index < -0.39 is 0 Å². The number of nitrogens with zero attached hydrogens (tertiary/aromatic N) is 5. The summed E-state index contributed by atoms with van der Waals surface area (Å²) in [6, 6.07) is 8.31. The average Bonchev–Trinajstić information content (AvgIpc) is 3.28. The number of carbonyl (C=O) groups excluding carboxylic acids is 1. The molecule has 1 aliphatic rings. The Bertz CT molecular complexity index is 907. The first-order valence-corrected chi connectivity index (χ1v) is 10.7. The van der Waals surface area contributed by atoms with Crippen LogP contribution in [0.15, 0.2) is 35.5 Å². The molecule has 2 heterocycles. The van der Waals surface area contributed by atoms with Crippen molar-refractivity contribution < 1.29 is 4.79 Å². The fourth-order valence-corrected chi connectivity index (χ4v) is 4.01. The van der Waals surface area contributed by atoms with Crippen LogP contribution in [0.1, 0.15) is 55.0 Å². The lowest BCUT2D eigenvalue weighted by Crippen LogP contribution is -2.38. The van der Waals surface area contributed by atoms with Crippen LogP contribution in [0.25, 0.3) is 0 Å². The Balaban J connectivity index is 0.00000341. The summed E-state index contributed by atoms with van der Waals surface area (Å²) in [5.41, 5.74) is 4.72. The number of guanidine groups is 1. The van der Waals surface area contributed by atoms with Crippen LogP contribution in [0.2, 0.25) is 0 Å². The Morgan fingerprint density at radius 2 is 1.97 bits per heavy atom. The molecule has 170 valence electrons. The highest BCUT2D eigenvalue weighted by Crippen LogP contribution is 2.19. The van der Waals surface area contributed by atoms with Crippen molar-refractivity contribution in [2.24, 2.45) is 12.0 Å². The highest BCUT2D eigenvalue weighted by atomic mass is 127. The molecule has 8 heteroatoms. The predicted molar refractivity (Wildman–Crippen MR) is 135 cm³/mol. The summed E-state index contributed by atoms with van der Waals surface area (Å²) >= 11 is 0. The van der Waals surface area contributed by atoms with Gasteiger partial charge in [-0.05, 0) is 23.5 Å². The first-order valence-electron chi connectivity index (χ1n) is 10.7. The third-order valence-corrected chi connectivity index (χ3v) is 5.55. The van der Waals surface area contributed by atoms with Gasteiger partial charge in [0.15, 0.2) is 5.96 Å². The van der Waals surface area contributed by atoms with Crippen LogP contribution < -0.4 is 5.32 Å². The van der Waals surface area contributed by atoms with Crippen molar-refractivity contribution in [2.75, 3.05) is 20.6 Å². The number of rotatable bonds is 7. The fourth-order valence-electron chi connectivity index (χ4n) is 4.01. The number of carbonyl (C=O) groups is 1. The number of aryl methyl sites for hydroxylation is 1. The van der Waals surface area contributed by atoms with E-state index in [1.807, 2.05) is 35.8 Å². The lowest BCUT2D eigenvalue weighted by Gasteiger charge is -2.23. The largest absolute Gasteiger partial charge is 0.352 e. The van der Waals surface area contributed by atoms with Gasteiger partial charge in [0.25, 0.3) is 0 Å². The molecule has 2 aromatic rings. The van der Waals surface area contributed by atoms with E-state index >= 15 is 0 Å². The van der Waals surface area contributed by atoms with Crippen molar-refractivity contribution in [1.82, 2.24) is 24.9 Å². The van der Waals surface area contributed by atoms with Gasteiger partial charge in [0.05, 0.1) is 5.69 Å². The lowest BCUT2D eigenvalue weighted by atomic mass is 10.1. The number of benzene rings is 1. The van der Waals surface area contributed by atoms with Crippen molar-refractivity contribution in [3.63, 3.8) is 0 Å². The number of nitrogens with one attached hydrogen (secondary N) is 1. The molecule has 7 nitrogen and oxygen atoms in total. The Kier molecular flexibility index (Phi) is 9.33. The van der Waals surface area contributed by atoms with Gasteiger partial charge in [-0.15, -0.1) is 24.0 Å². The topological polar surface area (TPSA) is 65.8 Å². The van der Waals surface area contributed by atoms with Gasteiger partial charge in [0, 0.05) is 65.5 Å². The molecule has 1 amide bonds. The van der Waals surface area contributed by atoms with Crippen LogP contribution >= 0.6 is 24.0 Å². The molecular formula is C23H35IN6O. The van der Waals surface area contributed by atoms with Crippen LogP contribution in [0.4, 0.5) is 0 Å². The van der Waals surface area contributed by atoms with Crippen molar-refractivity contribution in [1.29, 1.82) is 0 Å². The van der Waals surface area contributed by atoms with E-state index in [-0.39, 0.29) is 29.9 Å². The predicted octanol–water partition coefficient (Wildman–Crippen LogP) is 3.49. The van der Waals surface area contributed by atoms with Gasteiger partial charge < -0.3 is 15.1 Å². The molecule has 0 unspecified atom stereocenters. The molecule has 3 rings (SSSR count). The van der Waals surface area contributed by atoms with Gasteiger partial charge in [-0.3, -0.25) is 14.5 Å². The number of halogens is 1. The summed E-state index contributed by atoms with van der Waals surface area (Å²) in [4.78, 5) is 20.6. The van der Waals surface area contributed by atoms with Gasteiger partial charge in [0.1, 0.15) is 0 Å². The Morgan fingerprint density at radius 3 is 2.58 bits per heavy atom. The van der Waals surface area contributed by atoms with E-state index in [4.69, 9.17) is 0 Å². The van der Waals surface area contributed by atoms with E-state index in [1.165, 1.54) is 16.7 Å². The monoisotopic (exact) mass is 538 g/mol. The molecule has 0 radical (unpaired) electrons. The van der Waals surface area contributed by atoms with Crippen molar-refractivity contribution in [3.8, 4) is 0 Å². The maximum Gasteiger partial charge on any atom is 0.222 e. The zero-order valence-corrected chi connectivity index (χ0v) is 21.6. The molecule has 1 fully saturated rings. The van der Waals surface area contributed by atoms with Crippen LogP contribution in [0.3, 0.4) is 0 Å². The van der Waals surface area contributed by atoms with Crippen LogP contribution in [0.5, 0.6) is 0 Å². The summed E-state index contributed by atoms with van der Waals surface area (Å²) < 4.78 is 1.88. The number of aliphatic imine (C=N–C) groups is 1. The third kappa shape index (κ3) is 6.44. The number of amides is 1. The quantitative estimate of drug-likeness (QED) is 0.333. The minimum atomic E-state index is 0. The summed E-state index contributed by atoms with van der Waals surface area (Å²) in [5, 5.41) is 8.09. The molecular weight excluding hydrogens is 503 g/mol. The summed E-state index contributed by atoms with van der Waals surface area (Å²) in [5.74, 6) is 1.47. The highest BCUT2D eigenvalue weighted by molar-refractivity contribution is 14.0. The van der Waals surface area contributed by atoms with E-state index in [0.717, 1.165) is 31.2 Å². The lowest BCUT2D eigenvalue weighted by molar-refractivity contribution is -0.128. The second kappa shape index (κ2) is 11.5. The maximum absolute atomic E-state index is 12.0. The van der Waals surface area contributed by atoms with Crippen LogP contribution in [0, 0.1) is 0 Å². The van der Waals surface area contributed by atoms with Crippen molar-refractivity contribution in [2.45, 2.75) is 52.2 Å². The number of likely N-dealkylation sites (tertiary alicyclic amines) is 1. The second-order valence-corrected chi connectivity index (χ2v) is 8.31. The Hall–Kier alpha value is -2.10. The van der Waals surface area contributed by atoms with Crippen LogP contribution in [-0.2, 0) is 31.5 Å². The summed E-state index contributed by atoms with van der Waals surface area (Å²) in [6.45, 7) is 7.28. The van der Waals surface area contributed by atoms with Crippen molar-refractivity contribution >= 4 is 35.8 Å². The minimum Gasteiger partial charge on any atom is -0.352 e. The standard InChI is InChI=1S/C23H34N6O.HI/c1-17(2)22-20(15-28(5)26-22)14-27(4)23(24-3)25-13-18-9-6-7-10-19(18)16-29-12-8-11-21(29)30;/h6-7,9-10,15,17H,8,11-14,16H2,1-5H3,(H,24,25);1H. The number of aromatic nitrogens is 2. The highest BCUT2D eigenvalue weighted by Gasteiger charge is 2.21. The molecule has 1 N–H and O–H groups in total. The zero-order chi connectivity index (χ0) is 21.7. The molecule has 1 aromatic carbocycles. The van der Waals surface area contributed by atoms with Gasteiger partial charge >= 0.3 is 0 Å². The van der Waals surface area contributed by atoms with Gasteiger partial charge in [0.2, 0.25) is 5.91 Å². The average molecular weight is 538 g/mol. The van der Waals surface area contributed by atoms with E-state index in [2.05, 4.69) is 52.5 Å². The third-order valence-electron chi connectivity index (χ3n) is 5.55. The minimum absolute atomic E-state index is 0. The van der Waals surface area contributed by atoms with Gasteiger partial charge in [-0.1, -0.05) is 38.1 Å². The van der Waals surface area contributed by atoms with E-state index in [0.29, 0.717) is 25.4 Å².